The van der Waals surface area contributed by atoms with Gasteiger partial charge in [-0.1, -0.05) is 6.07 Å². The number of aromatic nitrogens is 2. The molecular weight excluding hydrogens is 448 g/mol. The summed E-state index contributed by atoms with van der Waals surface area (Å²) in [6.45, 7) is 1.25. The van der Waals surface area contributed by atoms with Gasteiger partial charge in [0.05, 0.1) is 10.6 Å². The van der Waals surface area contributed by atoms with Gasteiger partial charge in [0.15, 0.2) is 12.4 Å². The van der Waals surface area contributed by atoms with Crippen molar-refractivity contribution < 1.29 is 19.1 Å². The minimum absolute atomic E-state index is 0.135. The lowest BCUT2D eigenvalue weighted by Crippen LogP contribution is -2.23. The second-order valence-corrected chi connectivity index (χ2v) is 8.64. The fraction of sp³-hybridized carbons (Fsp3) is 0.227. The fourth-order valence-electron chi connectivity index (χ4n) is 2.80. The molecule has 3 rings (SSSR count). The van der Waals surface area contributed by atoms with E-state index in [9.17, 15) is 14.4 Å². The van der Waals surface area contributed by atoms with Gasteiger partial charge < -0.3 is 15.0 Å². The van der Waals surface area contributed by atoms with Crippen LogP contribution in [0.1, 0.15) is 26.4 Å². The summed E-state index contributed by atoms with van der Waals surface area (Å²) < 4.78 is 5.21. The molecule has 1 aromatic carbocycles. The first-order chi connectivity index (χ1) is 15.3. The van der Waals surface area contributed by atoms with E-state index in [0.29, 0.717) is 27.8 Å². The van der Waals surface area contributed by atoms with Crippen LogP contribution in [0.25, 0.3) is 10.7 Å². The first kappa shape index (κ1) is 23.4. The first-order valence-electron chi connectivity index (χ1n) is 9.55. The Morgan fingerprint density at radius 3 is 2.44 bits per heavy atom. The molecule has 0 aliphatic rings. The zero-order valence-corrected chi connectivity index (χ0v) is 19.7. The number of ether oxygens (including phenoxy) is 1. The van der Waals surface area contributed by atoms with E-state index in [1.165, 1.54) is 28.0 Å². The molecule has 0 saturated carbocycles. The predicted molar refractivity (Wildman–Crippen MR) is 125 cm³/mol. The van der Waals surface area contributed by atoms with Crippen LogP contribution in [-0.4, -0.2) is 59.6 Å². The van der Waals surface area contributed by atoms with Gasteiger partial charge in [0, 0.05) is 25.3 Å². The Bertz CT molecular complexity index is 1130. The molecule has 3 aromatic rings. The molecule has 166 valence electrons. The summed E-state index contributed by atoms with van der Waals surface area (Å²) in [5.41, 5.74) is 1.73. The molecule has 10 heteroatoms. The highest BCUT2D eigenvalue weighted by Crippen LogP contribution is 2.27. The Morgan fingerprint density at radius 2 is 1.84 bits per heavy atom. The number of carbonyl (C=O) groups is 3. The van der Waals surface area contributed by atoms with Crippen LogP contribution in [0.3, 0.4) is 0 Å². The van der Waals surface area contributed by atoms with Crippen molar-refractivity contribution in [2.24, 2.45) is 0 Å². The summed E-state index contributed by atoms with van der Waals surface area (Å²) in [4.78, 5) is 48.1. The smallest absolute Gasteiger partial charge is 0.343 e. The van der Waals surface area contributed by atoms with Crippen molar-refractivity contribution in [3.8, 4) is 10.7 Å². The van der Waals surface area contributed by atoms with Crippen LogP contribution in [0.15, 0.2) is 46.8 Å². The standard InChI is InChI=1S/C22H22N4O4S2/c1-13-18(20(31-4)25-19(23-13)16-6-5-11-32-16)22(29)30-12-17(27)24-15-9-7-14(8-10-15)21(28)26(2)3/h5-11H,12H2,1-4H3,(H,24,27). The Labute approximate surface area is 194 Å². The Morgan fingerprint density at radius 1 is 1.12 bits per heavy atom. The molecule has 0 saturated heterocycles. The van der Waals surface area contributed by atoms with Gasteiger partial charge in [-0.2, -0.15) is 0 Å². The normalized spacial score (nSPS) is 10.5. The van der Waals surface area contributed by atoms with Crippen molar-refractivity contribution in [2.75, 3.05) is 32.3 Å². The lowest BCUT2D eigenvalue weighted by atomic mass is 10.2. The van der Waals surface area contributed by atoms with E-state index in [2.05, 4.69) is 15.3 Å². The molecule has 0 fully saturated rings. The zero-order chi connectivity index (χ0) is 23.3. The van der Waals surface area contributed by atoms with Crippen molar-refractivity contribution in [3.05, 3.63) is 58.6 Å². The minimum Gasteiger partial charge on any atom is -0.452 e. The number of aryl methyl sites for hydroxylation is 1. The van der Waals surface area contributed by atoms with E-state index in [0.717, 1.165) is 4.88 Å². The quantitative estimate of drug-likeness (QED) is 0.319. The third-order valence-electron chi connectivity index (χ3n) is 4.35. The SMILES string of the molecule is CSc1nc(-c2cccs2)nc(C)c1C(=O)OCC(=O)Nc1ccc(C(=O)N(C)C)cc1. The lowest BCUT2D eigenvalue weighted by molar-refractivity contribution is -0.119. The van der Waals surface area contributed by atoms with Crippen LogP contribution < -0.4 is 5.32 Å². The molecule has 2 amide bonds. The second kappa shape index (κ2) is 10.4. The minimum atomic E-state index is -0.661. The molecule has 0 aliphatic heterocycles. The molecule has 2 aromatic heterocycles. The highest BCUT2D eigenvalue weighted by molar-refractivity contribution is 7.98. The average molecular weight is 471 g/mol. The molecule has 0 unspecified atom stereocenters. The lowest BCUT2D eigenvalue weighted by Gasteiger charge is -2.12. The molecule has 2 heterocycles. The van der Waals surface area contributed by atoms with E-state index in [1.54, 1.807) is 45.3 Å². The largest absolute Gasteiger partial charge is 0.452 e. The number of rotatable bonds is 7. The van der Waals surface area contributed by atoms with Gasteiger partial charge in [0.25, 0.3) is 11.8 Å². The number of nitrogens with one attached hydrogen (secondary N) is 1. The monoisotopic (exact) mass is 470 g/mol. The first-order valence-corrected chi connectivity index (χ1v) is 11.7. The van der Waals surface area contributed by atoms with Crippen molar-refractivity contribution in [2.45, 2.75) is 11.9 Å². The van der Waals surface area contributed by atoms with Crippen molar-refractivity contribution in [1.29, 1.82) is 0 Å². The van der Waals surface area contributed by atoms with Crippen LogP contribution in [-0.2, 0) is 9.53 Å². The number of hydrogen-bond acceptors (Lipinski definition) is 8. The van der Waals surface area contributed by atoms with Crippen LogP contribution in [0, 0.1) is 6.92 Å². The van der Waals surface area contributed by atoms with Gasteiger partial charge in [-0.05, 0) is 48.9 Å². The Kier molecular flexibility index (Phi) is 7.60. The summed E-state index contributed by atoms with van der Waals surface area (Å²) in [6.07, 6.45) is 1.81. The van der Waals surface area contributed by atoms with Crippen LogP contribution >= 0.6 is 23.1 Å². The zero-order valence-electron chi connectivity index (χ0n) is 18.0. The molecule has 0 radical (unpaired) electrons. The number of carbonyl (C=O) groups excluding carboxylic acids is 3. The van der Waals surface area contributed by atoms with Gasteiger partial charge in [0.2, 0.25) is 0 Å². The summed E-state index contributed by atoms with van der Waals surface area (Å²) in [7, 11) is 3.33. The Balaban J connectivity index is 1.64. The predicted octanol–water partition coefficient (Wildman–Crippen LogP) is 3.73. The van der Waals surface area contributed by atoms with Gasteiger partial charge in [-0.25, -0.2) is 14.8 Å². The number of benzene rings is 1. The number of hydrogen-bond donors (Lipinski definition) is 1. The number of esters is 1. The third-order valence-corrected chi connectivity index (χ3v) is 5.90. The van der Waals surface area contributed by atoms with E-state index in [1.807, 2.05) is 23.8 Å². The molecule has 0 bridgehead atoms. The number of thiophene rings is 1. The summed E-state index contributed by atoms with van der Waals surface area (Å²) in [5.74, 6) is -0.743. The van der Waals surface area contributed by atoms with E-state index in [-0.39, 0.29) is 11.5 Å². The molecular formula is C22H22N4O4S2. The maximum atomic E-state index is 12.6. The highest BCUT2D eigenvalue weighted by atomic mass is 32.2. The van der Waals surface area contributed by atoms with Crippen molar-refractivity contribution >= 4 is 46.6 Å². The average Bonchev–Trinajstić information content (AvgIpc) is 3.32. The van der Waals surface area contributed by atoms with Gasteiger partial charge in [0.1, 0.15) is 10.6 Å². The van der Waals surface area contributed by atoms with E-state index in [4.69, 9.17) is 4.74 Å². The third kappa shape index (κ3) is 5.51. The van der Waals surface area contributed by atoms with Crippen LogP contribution in [0.4, 0.5) is 5.69 Å². The van der Waals surface area contributed by atoms with E-state index < -0.39 is 18.5 Å². The van der Waals surface area contributed by atoms with Crippen molar-refractivity contribution in [3.63, 3.8) is 0 Å². The number of anilines is 1. The Hall–Kier alpha value is -3.24. The molecule has 0 aliphatic carbocycles. The molecule has 1 N–H and O–H groups in total. The molecule has 0 atom stereocenters. The molecule has 8 nitrogen and oxygen atoms in total. The fourth-order valence-corrected chi connectivity index (χ4v) is 4.07. The van der Waals surface area contributed by atoms with Crippen LogP contribution in [0.5, 0.6) is 0 Å². The summed E-state index contributed by atoms with van der Waals surface area (Å²) in [5, 5.41) is 5.06. The number of amides is 2. The van der Waals surface area contributed by atoms with E-state index >= 15 is 0 Å². The van der Waals surface area contributed by atoms with Crippen LogP contribution in [0.2, 0.25) is 0 Å². The number of thioether (sulfide) groups is 1. The second-order valence-electron chi connectivity index (χ2n) is 6.90. The number of nitrogens with zero attached hydrogens (tertiary/aromatic N) is 3. The highest BCUT2D eigenvalue weighted by Gasteiger charge is 2.21. The van der Waals surface area contributed by atoms with Gasteiger partial charge in [-0.15, -0.1) is 23.1 Å². The summed E-state index contributed by atoms with van der Waals surface area (Å²) in [6, 6.07) is 10.3. The topological polar surface area (TPSA) is 101 Å². The summed E-state index contributed by atoms with van der Waals surface area (Å²) >= 11 is 2.83. The maximum absolute atomic E-state index is 12.6. The maximum Gasteiger partial charge on any atom is 0.343 e. The molecule has 0 spiro atoms. The van der Waals surface area contributed by atoms with Gasteiger partial charge in [-0.3, -0.25) is 9.59 Å². The van der Waals surface area contributed by atoms with Gasteiger partial charge >= 0.3 is 5.97 Å². The van der Waals surface area contributed by atoms with Crippen molar-refractivity contribution in [1.82, 2.24) is 14.9 Å². The molecule has 32 heavy (non-hydrogen) atoms.